The normalized spacial score (nSPS) is 10.3. The molecule has 0 saturated carbocycles. The van der Waals surface area contributed by atoms with E-state index < -0.39 is 15.6 Å². The van der Waals surface area contributed by atoms with E-state index in [1.54, 1.807) is 0 Å². The first-order valence-electron chi connectivity index (χ1n) is 1.53. The zero-order chi connectivity index (χ0) is 7.71. The van der Waals surface area contributed by atoms with Gasteiger partial charge in [0.25, 0.3) is 0 Å². The third-order valence-corrected chi connectivity index (χ3v) is 1.91. The van der Waals surface area contributed by atoms with Crippen LogP contribution in [-0.4, -0.2) is 106 Å². The molecular formula is H8BaCaO7P2Zn. The van der Waals surface area contributed by atoms with Crippen LogP contribution in [0.2, 0.25) is 0 Å². The summed E-state index contributed by atoms with van der Waals surface area (Å²) in [6.07, 6.45) is 0. The Labute approximate surface area is 151 Å². The fourth-order valence-electron chi connectivity index (χ4n) is 0.139. The van der Waals surface area contributed by atoms with Crippen molar-refractivity contribution in [1.29, 1.82) is 0 Å². The molecule has 0 aliphatic carbocycles. The van der Waals surface area contributed by atoms with Crippen molar-refractivity contribution in [3.63, 3.8) is 0 Å². The van der Waals surface area contributed by atoms with Gasteiger partial charge in [-0.15, -0.1) is 0 Å². The Hall–Kier alpha value is 3.71. The van der Waals surface area contributed by atoms with E-state index in [2.05, 4.69) is 4.31 Å². The van der Waals surface area contributed by atoms with Crippen LogP contribution < -0.4 is 0 Å². The Morgan fingerprint density at radius 2 is 1.08 bits per heavy atom. The van der Waals surface area contributed by atoms with Gasteiger partial charge in [-0.25, -0.2) is 9.13 Å². The van der Waals surface area contributed by atoms with Gasteiger partial charge in [-0.3, -0.25) is 0 Å². The second-order valence-electron chi connectivity index (χ2n) is 1.06. The largest absolute Gasteiger partial charge is 0 e. The summed E-state index contributed by atoms with van der Waals surface area (Å²) in [7, 11) is -10.1. The summed E-state index contributed by atoms with van der Waals surface area (Å²) < 4.78 is 22.2. The quantitative estimate of drug-likeness (QED) is 0.282. The molecule has 0 saturated heterocycles. The van der Waals surface area contributed by atoms with Crippen LogP contribution in [0.25, 0.3) is 0 Å². The molecule has 0 spiro atoms. The van der Waals surface area contributed by atoms with Gasteiger partial charge in [-0.2, -0.15) is 4.31 Å². The van der Waals surface area contributed by atoms with Crippen LogP contribution in [-0.2, 0) is 32.9 Å². The fraction of sp³-hybridized carbons (Fsp3) is 0. The van der Waals surface area contributed by atoms with Crippen LogP contribution in [0.1, 0.15) is 0 Å². The summed E-state index contributed by atoms with van der Waals surface area (Å²) in [5.41, 5.74) is 0. The van der Waals surface area contributed by atoms with E-state index in [9.17, 15) is 9.13 Å². The average Bonchev–Trinajstić information content (AvgIpc) is 1.14. The Morgan fingerprint density at radius 3 is 1.08 bits per heavy atom. The van der Waals surface area contributed by atoms with Crippen molar-refractivity contribution >= 4 is 102 Å². The third-order valence-electron chi connectivity index (χ3n) is 0.213. The fourth-order valence-corrected chi connectivity index (χ4v) is 1.25. The molecule has 0 fully saturated rings. The molecule has 0 radical (unpaired) electrons. The van der Waals surface area contributed by atoms with Crippen molar-refractivity contribution in [1.82, 2.24) is 0 Å². The first-order chi connectivity index (χ1) is 3.71. The minimum absolute atomic E-state index is 0. The second-order valence-corrected chi connectivity index (χ2v) is 3.68. The second kappa shape index (κ2) is 9.91. The van der Waals surface area contributed by atoms with Gasteiger partial charge < -0.3 is 19.6 Å². The summed E-state index contributed by atoms with van der Waals surface area (Å²) >= 11 is 0. The number of hydrogen-bond acceptors (Lipinski definition) is 3. The van der Waals surface area contributed by atoms with E-state index in [1.165, 1.54) is 0 Å². The molecule has 0 aromatic heterocycles. The van der Waals surface area contributed by atoms with Crippen molar-refractivity contribution in [2.45, 2.75) is 0 Å². The summed E-state index contributed by atoms with van der Waals surface area (Å²) in [5, 5.41) is 0. The smallest absolute Gasteiger partial charge is 0 e. The van der Waals surface area contributed by atoms with Crippen LogP contribution in [0.3, 0.4) is 0 Å². The summed E-state index contributed by atoms with van der Waals surface area (Å²) in [6, 6.07) is 0. The molecule has 0 aliphatic rings. The van der Waals surface area contributed by atoms with Gasteiger partial charge in [0.1, 0.15) is 0 Å². The molecule has 0 unspecified atom stereocenters. The minimum Gasteiger partial charge on any atom is 0 e. The predicted molar refractivity (Wildman–Crippen MR) is 42.3 cm³/mol. The molecule has 12 heavy (non-hydrogen) atoms. The molecule has 7 nitrogen and oxygen atoms in total. The van der Waals surface area contributed by atoms with E-state index in [0.29, 0.717) is 0 Å². The molecule has 0 atom stereocenters. The molecule has 0 aromatic carbocycles. The van der Waals surface area contributed by atoms with Gasteiger partial charge in [0.2, 0.25) is 0 Å². The Bertz CT molecular complexity index is 162. The van der Waals surface area contributed by atoms with Crippen molar-refractivity contribution in [2.24, 2.45) is 0 Å². The van der Waals surface area contributed by atoms with Gasteiger partial charge in [0.05, 0.1) is 0 Å². The van der Waals surface area contributed by atoms with Crippen molar-refractivity contribution in [2.75, 3.05) is 0 Å². The molecule has 4 N–H and O–H groups in total. The predicted octanol–water partition coefficient (Wildman–Crippen LogP) is -2.65. The molecule has 0 rings (SSSR count). The molecule has 0 bridgehead atoms. The van der Waals surface area contributed by atoms with E-state index in [1.807, 2.05) is 0 Å². The van der Waals surface area contributed by atoms with E-state index in [-0.39, 0.29) is 106 Å². The number of phosphoric acid groups is 2. The zero-order valence-electron chi connectivity index (χ0n) is 4.62. The molecular weight excluding hydrogens is 417 g/mol. The maximum Gasteiger partial charge on any atom is 0 e. The Kier molecular flexibility index (Phi) is 20.5. The monoisotopic (exact) mass is 424 g/mol. The van der Waals surface area contributed by atoms with E-state index in [0.717, 1.165) is 0 Å². The van der Waals surface area contributed by atoms with Crippen LogP contribution in [0.15, 0.2) is 0 Å². The SMILES string of the molecule is O=P(O)(O)OP(=O)(O)O.[BaH2].[CaH2].[Zn]. The van der Waals surface area contributed by atoms with E-state index in [4.69, 9.17) is 19.6 Å². The Balaban J connectivity index is -0.000000107. The topological polar surface area (TPSA) is 124 Å². The molecule has 12 heteroatoms. The first-order valence-corrected chi connectivity index (χ1v) is 4.59. The summed E-state index contributed by atoms with van der Waals surface area (Å²) in [6.45, 7) is 0. The van der Waals surface area contributed by atoms with Gasteiger partial charge in [-0.05, 0) is 0 Å². The molecule has 0 aliphatic heterocycles. The minimum atomic E-state index is -5.05. The number of rotatable bonds is 2. The van der Waals surface area contributed by atoms with Gasteiger partial charge in [0, 0.05) is 19.5 Å². The van der Waals surface area contributed by atoms with Gasteiger partial charge in [0.15, 0.2) is 0 Å². The summed E-state index contributed by atoms with van der Waals surface area (Å²) in [5.74, 6) is 0. The van der Waals surface area contributed by atoms with Crippen LogP contribution >= 0.6 is 15.6 Å². The van der Waals surface area contributed by atoms with Crippen molar-refractivity contribution in [3.8, 4) is 0 Å². The van der Waals surface area contributed by atoms with Crippen molar-refractivity contribution < 1.29 is 52.5 Å². The maximum absolute atomic E-state index is 9.63. The van der Waals surface area contributed by atoms with Gasteiger partial charge >= 0.3 is 102 Å². The number of hydrogen-bond donors (Lipinski definition) is 4. The Morgan fingerprint density at radius 1 is 0.917 bits per heavy atom. The zero-order valence-corrected chi connectivity index (χ0v) is 9.37. The molecule has 0 amide bonds. The van der Waals surface area contributed by atoms with Crippen LogP contribution in [0.4, 0.5) is 0 Å². The maximum atomic E-state index is 9.63. The third kappa shape index (κ3) is 23.5. The van der Waals surface area contributed by atoms with Gasteiger partial charge in [-0.1, -0.05) is 0 Å². The standard InChI is InChI=1S/Ba.Ca.H4O7P2.Zn.4H/c;;1-8(2,3)7-9(4,5)6;;;;;/h;;(H2,1,2,3)(H2,4,5,6);;;;;. The average molecular weight is 425 g/mol. The van der Waals surface area contributed by atoms with E-state index >= 15 is 0 Å². The van der Waals surface area contributed by atoms with Crippen LogP contribution in [0, 0.1) is 0 Å². The molecule has 66 valence electrons. The van der Waals surface area contributed by atoms with Crippen LogP contribution in [0.5, 0.6) is 0 Å². The first kappa shape index (κ1) is 24.8. The summed E-state index contributed by atoms with van der Waals surface area (Å²) in [4.78, 5) is 31.0. The molecule has 0 heterocycles. The van der Waals surface area contributed by atoms with Crippen molar-refractivity contribution in [3.05, 3.63) is 0 Å². The molecule has 0 aromatic rings.